The monoisotopic (exact) mass is 632 g/mol. The van der Waals surface area contributed by atoms with Crippen molar-refractivity contribution in [3.05, 3.63) is 29.3 Å². The van der Waals surface area contributed by atoms with Gasteiger partial charge < -0.3 is 10.2 Å². The van der Waals surface area contributed by atoms with Crippen LogP contribution in [-0.4, -0.2) is 38.0 Å². The number of phenols is 1. The van der Waals surface area contributed by atoms with Crippen molar-refractivity contribution in [3.63, 3.8) is 0 Å². The molecule has 0 aromatic heterocycles. The van der Waals surface area contributed by atoms with Crippen molar-refractivity contribution in [2.75, 3.05) is 11.5 Å². The number of unbranched alkanes of at least 4 members (excludes halogenated alkanes) is 6. The normalized spacial score (nSPS) is 31.8. The molecule has 4 unspecified atom stereocenters. The number of phenolic OH excluding ortho intramolecular Hbond substituents is 1. The van der Waals surface area contributed by atoms with Crippen LogP contribution in [0.4, 0.5) is 22.0 Å². The molecule has 0 saturated heterocycles. The Morgan fingerprint density at radius 2 is 1.51 bits per heavy atom. The third kappa shape index (κ3) is 6.69. The maximum atomic E-state index is 13.0. The van der Waals surface area contributed by atoms with Crippen LogP contribution >= 0.6 is 0 Å². The van der Waals surface area contributed by atoms with E-state index in [0.29, 0.717) is 40.8 Å². The van der Waals surface area contributed by atoms with Gasteiger partial charge in [-0.15, -0.1) is 0 Å². The number of halogens is 5. The van der Waals surface area contributed by atoms with Crippen molar-refractivity contribution in [1.29, 1.82) is 0 Å². The molecule has 244 valence electrons. The highest BCUT2D eigenvalue weighted by molar-refractivity contribution is 7.84. The van der Waals surface area contributed by atoms with Crippen LogP contribution < -0.4 is 0 Å². The molecule has 1 spiro atoms. The predicted octanol–water partition coefficient (Wildman–Crippen LogP) is 9.59. The lowest BCUT2D eigenvalue weighted by atomic mass is 9.50. The number of benzene rings is 1. The van der Waals surface area contributed by atoms with E-state index in [4.69, 9.17) is 0 Å². The Bertz CT molecular complexity index is 1140. The average molecular weight is 633 g/mol. The van der Waals surface area contributed by atoms with Crippen LogP contribution in [0.25, 0.3) is 0 Å². The zero-order chi connectivity index (χ0) is 31.0. The van der Waals surface area contributed by atoms with Crippen LogP contribution in [0.2, 0.25) is 0 Å². The molecule has 9 heteroatoms. The van der Waals surface area contributed by atoms with Gasteiger partial charge in [0.15, 0.2) is 0 Å². The third-order valence-corrected chi connectivity index (χ3v) is 13.6. The molecule has 7 atom stereocenters. The van der Waals surface area contributed by atoms with E-state index in [0.717, 1.165) is 50.5 Å². The van der Waals surface area contributed by atoms with E-state index in [-0.39, 0.29) is 17.4 Å². The van der Waals surface area contributed by atoms with Crippen LogP contribution in [0.15, 0.2) is 18.2 Å². The van der Waals surface area contributed by atoms with Crippen molar-refractivity contribution >= 4 is 10.8 Å². The zero-order valence-electron chi connectivity index (χ0n) is 25.4. The molecule has 1 aromatic carbocycles. The van der Waals surface area contributed by atoms with Crippen LogP contribution in [0.1, 0.15) is 133 Å². The number of hydrogen-bond acceptors (Lipinski definition) is 3. The first-order chi connectivity index (χ1) is 20.3. The predicted molar refractivity (Wildman–Crippen MR) is 160 cm³/mol. The van der Waals surface area contributed by atoms with Crippen molar-refractivity contribution in [3.8, 4) is 5.75 Å². The summed E-state index contributed by atoms with van der Waals surface area (Å²) in [6.07, 6.45) is 7.79. The van der Waals surface area contributed by atoms with Crippen LogP contribution in [-0.2, 0) is 10.8 Å². The van der Waals surface area contributed by atoms with Gasteiger partial charge in [-0.2, -0.15) is 22.0 Å². The lowest BCUT2D eigenvalue weighted by Gasteiger charge is -2.55. The summed E-state index contributed by atoms with van der Waals surface area (Å²) >= 11 is 0. The van der Waals surface area contributed by atoms with Gasteiger partial charge in [-0.05, 0) is 116 Å². The Morgan fingerprint density at radius 3 is 2.19 bits per heavy atom. The summed E-state index contributed by atoms with van der Waals surface area (Å²) in [5.74, 6) is -2.45. The van der Waals surface area contributed by atoms with Crippen LogP contribution in [0.5, 0.6) is 5.75 Å². The fourth-order valence-electron chi connectivity index (χ4n) is 9.53. The van der Waals surface area contributed by atoms with Crippen molar-refractivity contribution in [1.82, 2.24) is 0 Å². The second-order valence-electron chi connectivity index (χ2n) is 14.4. The minimum absolute atomic E-state index is 0.119. The first kappa shape index (κ1) is 33.2. The fraction of sp³-hybridized carbons (Fsp3) is 0.824. The molecule has 43 heavy (non-hydrogen) atoms. The number of hydrogen-bond donors (Lipinski definition) is 2. The molecule has 0 bridgehead atoms. The second-order valence-corrected chi connectivity index (χ2v) is 16.1. The van der Waals surface area contributed by atoms with E-state index in [1.807, 2.05) is 0 Å². The number of aromatic hydroxyl groups is 1. The van der Waals surface area contributed by atoms with Crippen molar-refractivity contribution in [2.24, 2.45) is 28.6 Å². The maximum Gasteiger partial charge on any atom is 0.453 e. The van der Waals surface area contributed by atoms with Gasteiger partial charge >= 0.3 is 12.1 Å². The molecule has 0 heterocycles. The number of rotatable bonds is 14. The van der Waals surface area contributed by atoms with E-state index in [1.165, 1.54) is 44.1 Å². The molecule has 0 amide bonds. The Balaban J connectivity index is 1.04. The SMILES string of the molecule is C[C@]12CCC3c4ccc(O)cc4[C@@H](O)[C@@H](CCCCCCCCCS(=O)CCCC(F)(F)C(F)(F)F)C3C1CCC21CC1. The standard InChI is InChI=1S/C34H49F5O3S/c1-31-16-13-25-24-12-11-23(40)22-27(24)30(41)26(29(25)28(31)14-17-32(31)18-19-32)10-7-5-3-2-4-6-8-20-43(42)21-9-15-33(35,36)34(37,38)39/h11-12,22,25-26,28-30,40-41H,2-10,13-21H2,1H3/t25?,26-,28?,29?,30-,31-,43?/m0/s1. The number of aliphatic hydroxyl groups is 1. The second kappa shape index (κ2) is 12.9. The summed E-state index contributed by atoms with van der Waals surface area (Å²) < 4.78 is 74.7. The summed E-state index contributed by atoms with van der Waals surface area (Å²) in [6.45, 7) is 2.55. The molecule has 3 nitrogen and oxygen atoms in total. The topological polar surface area (TPSA) is 57.5 Å². The Kier molecular flexibility index (Phi) is 9.93. The quantitative estimate of drug-likeness (QED) is 0.159. The van der Waals surface area contributed by atoms with E-state index in [9.17, 15) is 36.4 Å². The highest BCUT2D eigenvalue weighted by atomic mass is 32.2. The fourth-order valence-corrected chi connectivity index (χ4v) is 10.7. The minimum atomic E-state index is -5.55. The molecule has 4 aliphatic rings. The Morgan fingerprint density at radius 1 is 0.860 bits per heavy atom. The van der Waals surface area contributed by atoms with Crippen molar-refractivity contribution < 1.29 is 36.4 Å². The van der Waals surface area contributed by atoms with Gasteiger partial charge in [0, 0.05) is 28.7 Å². The van der Waals surface area contributed by atoms with Gasteiger partial charge in [-0.3, -0.25) is 4.21 Å². The summed E-state index contributed by atoms with van der Waals surface area (Å²) in [4.78, 5) is 0. The largest absolute Gasteiger partial charge is 0.508 e. The summed E-state index contributed by atoms with van der Waals surface area (Å²) in [5, 5.41) is 21.9. The number of fused-ring (bicyclic) bond motifs is 6. The smallest absolute Gasteiger partial charge is 0.453 e. The van der Waals surface area contributed by atoms with E-state index < -0.39 is 41.8 Å². The first-order valence-electron chi connectivity index (χ1n) is 16.6. The average Bonchev–Trinajstić information content (AvgIpc) is 3.68. The van der Waals surface area contributed by atoms with Crippen LogP contribution in [0.3, 0.4) is 0 Å². The molecule has 0 radical (unpaired) electrons. The Hall–Kier alpha value is -1.22. The third-order valence-electron chi connectivity index (χ3n) is 12.1. The zero-order valence-corrected chi connectivity index (χ0v) is 26.3. The van der Waals surface area contributed by atoms with Gasteiger partial charge in [0.1, 0.15) is 5.75 Å². The molecule has 0 aliphatic heterocycles. The van der Waals surface area contributed by atoms with E-state index in [1.54, 1.807) is 12.1 Å². The molecule has 2 N–H and O–H groups in total. The van der Waals surface area contributed by atoms with E-state index in [2.05, 4.69) is 13.0 Å². The molecule has 3 saturated carbocycles. The molecule has 4 aliphatic carbocycles. The maximum absolute atomic E-state index is 13.0. The summed E-state index contributed by atoms with van der Waals surface area (Å²) in [7, 11) is -1.37. The van der Waals surface area contributed by atoms with Gasteiger partial charge in [-0.1, -0.05) is 51.5 Å². The highest BCUT2D eigenvalue weighted by Gasteiger charge is 2.67. The Labute approximate surface area is 255 Å². The molecular formula is C34H49F5O3S. The van der Waals surface area contributed by atoms with Gasteiger partial charge in [0.25, 0.3) is 0 Å². The van der Waals surface area contributed by atoms with Crippen LogP contribution in [0, 0.1) is 28.6 Å². The van der Waals surface area contributed by atoms with Gasteiger partial charge in [-0.25, -0.2) is 0 Å². The van der Waals surface area contributed by atoms with Crippen molar-refractivity contribution in [2.45, 2.75) is 134 Å². The molecule has 3 fully saturated rings. The molecule has 5 rings (SSSR count). The molecular weight excluding hydrogens is 583 g/mol. The van der Waals surface area contributed by atoms with E-state index >= 15 is 0 Å². The summed E-state index contributed by atoms with van der Waals surface area (Å²) in [5.41, 5.74) is 3.12. The van der Waals surface area contributed by atoms with Gasteiger partial charge in [0.05, 0.1) is 6.10 Å². The number of alkyl halides is 5. The highest BCUT2D eigenvalue weighted by Crippen LogP contribution is 2.76. The summed E-state index contributed by atoms with van der Waals surface area (Å²) in [6, 6.07) is 5.64. The molecule has 1 aromatic rings. The van der Waals surface area contributed by atoms with Gasteiger partial charge in [0.2, 0.25) is 0 Å². The minimum Gasteiger partial charge on any atom is -0.508 e. The lowest BCUT2D eigenvalue weighted by Crippen LogP contribution is -2.47. The number of aliphatic hydroxyl groups excluding tert-OH is 1. The first-order valence-corrected chi connectivity index (χ1v) is 18.1. The lowest BCUT2D eigenvalue weighted by molar-refractivity contribution is -0.284.